The van der Waals surface area contributed by atoms with E-state index in [2.05, 4.69) is 20.7 Å². The van der Waals surface area contributed by atoms with Crippen molar-refractivity contribution >= 4 is 22.4 Å². The van der Waals surface area contributed by atoms with Crippen LogP contribution in [0.3, 0.4) is 0 Å². The molecule has 2 aromatic heterocycles. The molecule has 8 heteroatoms. The van der Waals surface area contributed by atoms with Crippen LogP contribution in [-0.4, -0.2) is 33.8 Å². The number of carbonyl (C=O) groups excluding carboxylic acids is 1. The molecule has 1 amide bonds. The zero-order valence-electron chi connectivity index (χ0n) is 14.9. The Labute approximate surface area is 160 Å². The predicted octanol–water partition coefficient (Wildman–Crippen LogP) is 2.55. The van der Waals surface area contributed by atoms with Crippen molar-refractivity contribution in [2.45, 2.75) is 12.3 Å². The molecule has 1 saturated heterocycles. The van der Waals surface area contributed by atoms with Crippen molar-refractivity contribution in [3.63, 3.8) is 0 Å². The number of carbonyl (C=O) groups is 1. The topological polar surface area (TPSA) is 71.8 Å². The molecular formula is C19H20FN5OS. The van der Waals surface area contributed by atoms with Gasteiger partial charge in [-0.25, -0.2) is 9.37 Å². The lowest BCUT2D eigenvalue weighted by molar-refractivity contribution is -0.119. The lowest BCUT2D eigenvalue weighted by atomic mass is 9.90. The van der Waals surface area contributed by atoms with Crippen molar-refractivity contribution in [1.82, 2.24) is 20.1 Å². The normalized spacial score (nSPS) is 19.3. The molecule has 0 aliphatic carbocycles. The van der Waals surface area contributed by atoms with Crippen molar-refractivity contribution in [1.29, 1.82) is 0 Å². The lowest BCUT2D eigenvalue weighted by Gasteiger charge is -2.15. The number of nitrogens with one attached hydrogen (secondary N) is 2. The molecule has 2 N–H and O–H groups in total. The number of hydrogen-bond acceptors (Lipinski definition) is 5. The second-order valence-corrected chi connectivity index (χ2v) is 7.82. The van der Waals surface area contributed by atoms with E-state index in [1.807, 2.05) is 25.5 Å². The predicted molar refractivity (Wildman–Crippen MR) is 102 cm³/mol. The van der Waals surface area contributed by atoms with Gasteiger partial charge in [-0.15, -0.1) is 11.3 Å². The van der Waals surface area contributed by atoms with Crippen LogP contribution < -0.4 is 10.6 Å². The zero-order valence-corrected chi connectivity index (χ0v) is 15.7. The van der Waals surface area contributed by atoms with Gasteiger partial charge in [0.25, 0.3) is 0 Å². The quantitative estimate of drug-likeness (QED) is 0.708. The molecule has 27 heavy (non-hydrogen) atoms. The van der Waals surface area contributed by atoms with Gasteiger partial charge in [0.2, 0.25) is 5.91 Å². The minimum atomic E-state index is -0.229. The summed E-state index contributed by atoms with van der Waals surface area (Å²) in [6.45, 7) is 1.37. The number of nitrogens with zero attached hydrogens (tertiary/aromatic N) is 3. The van der Waals surface area contributed by atoms with Crippen molar-refractivity contribution in [2.24, 2.45) is 13.0 Å². The van der Waals surface area contributed by atoms with Crippen LogP contribution in [0.5, 0.6) is 0 Å². The zero-order chi connectivity index (χ0) is 18.8. The third kappa shape index (κ3) is 3.91. The second kappa shape index (κ2) is 7.58. The molecule has 3 heterocycles. The number of aryl methyl sites for hydroxylation is 1. The molecule has 4 rings (SSSR count). The van der Waals surface area contributed by atoms with Gasteiger partial charge in [0.1, 0.15) is 5.82 Å². The van der Waals surface area contributed by atoms with Crippen LogP contribution in [0.4, 0.5) is 9.52 Å². The maximum Gasteiger partial charge on any atom is 0.231 e. The minimum Gasteiger partial charge on any atom is -0.315 e. The fourth-order valence-electron chi connectivity index (χ4n) is 3.41. The first-order valence-corrected chi connectivity index (χ1v) is 9.60. The van der Waals surface area contributed by atoms with Gasteiger partial charge in [0.15, 0.2) is 5.13 Å². The Morgan fingerprint density at radius 1 is 1.37 bits per heavy atom. The van der Waals surface area contributed by atoms with Crippen LogP contribution in [0, 0.1) is 11.7 Å². The third-order valence-electron chi connectivity index (χ3n) is 4.81. The highest BCUT2D eigenvalue weighted by Crippen LogP contribution is 2.30. The van der Waals surface area contributed by atoms with Gasteiger partial charge in [-0.05, 0) is 17.2 Å². The first-order valence-electron chi connectivity index (χ1n) is 8.78. The molecule has 1 aromatic carbocycles. The Balaban J connectivity index is 1.42. The number of anilines is 1. The lowest BCUT2D eigenvalue weighted by Crippen LogP contribution is -2.27. The molecule has 0 saturated carbocycles. The van der Waals surface area contributed by atoms with Crippen LogP contribution in [0.25, 0.3) is 0 Å². The first-order chi connectivity index (χ1) is 13.1. The van der Waals surface area contributed by atoms with Crippen molar-refractivity contribution in [3.05, 3.63) is 64.7 Å². The summed E-state index contributed by atoms with van der Waals surface area (Å²) in [6, 6.07) is 6.69. The van der Waals surface area contributed by atoms with Crippen LogP contribution >= 0.6 is 11.3 Å². The number of aromatic nitrogens is 3. The Kier molecular flexibility index (Phi) is 5.00. The van der Waals surface area contributed by atoms with E-state index < -0.39 is 0 Å². The maximum absolute atomic E-state index is 13.8. The Hall–Kier alpha value is -2.58. The van der Waals surface area contributed by atoms with Gasteiger partial charge < -0.3 is 10.6 Å². The Morgan fingerprint density at radius 3 is 3.00 bits per heavy atom. The fourth-order valence-corrected chi connectivity index (χ4v) is 4.25. The number of amides is 1. The molecule has 0 bridgehead atoms. The van der Waals surface area contributed by atoms with E-state index in [9.17, 15) is 9.18 Å². The van der Waals surface area contributed by atoms with Gasteiger partial charge in [0, 0.05) is 49.7 Å². The summed E-state index contributed by atoms with van der Waals surface area (Å²) in [5, 5.41) is 11.0. The van der Waals surface area contributed by atoms with E-state index in [1.165, 1.54) is 17.4 Å². The van der Waals surface area contributed by atoms with E-state index in [0.717, 1.165) is 17.0 Å². The van der Waals surface area contributed by atoms with E-state index in [4.69, 9.17) is 0 Å². The van der Waals surface area contributed by atoms with Crippen molar-refractivity contribution in [2.75, 3.05) is 18.4 Å². The van der Waals surface area contributed by atoms with Crippen LogP contribution in [0.2, 0.25) is 0 Å². The van der Waals surface area contributed by atoms with Gasteiger partial charge in [-0.3, -0.25) is 9.48 Å². The van der Waals surface area contributed by atoms with Crippen LogP contribution in [-0.2, 0) is 18.3 Å². The fraction of sp³-hybridized carbons (Fsp3) is 0.316. The highest BCUT2D eigenvalue weighted by Gasteiger charge is 2.35. The highest BCUT2D eigenvalue weighted by atomic mass is 32.1. The van der Waals surface area contributed by atoms with Crippen molar-refractivity contribution in [3.8, 4) is 0 Å². The largest absolute Gasteiger partial charge is 0.315 e. The molecular weight excluding hydrogens is 365 g/mol. The average molecular weight is 385 g/mol. The molecule has 2 atom stereocenters. The van der Waals surface area contributed by atoms with E-state index >= 15 is 0 Å². The molecule has 6 nitrogen and oxygen atoms in total. The molecule has 1 aliphatic rings. The summed E-state index contributed by atoms with van der Waals surface area (Å²) >= 11 is 1.38. The molecule has 0 spiro atoms. The Bertz CT molecular complexity index is 953. The first kappa shape index (κ1) is 17.8. The summed E-state index contributed by atoms with van der Waals surface area (Å²) in [4.78, 5) is 17.9. The van der Waals surface area contributed by atoms with Crippen LogP contribution in [0.15, 0.2) is 42.9 Å². The minimum absolute atomic E-state index is 0.0550. The van der Waals surface area contributed by atoms with Gasteiger partial charge in [-0.2, -0.15) is 5.10 Å². The number of rotatable bonds is 5. The van der Waals surface area contributed by atoms with Gasteiger partial charge in [0.05, 0.1) is 12.1 Å². The van der Waals surface area contributed by atoms with Gasteiger partial charge >= 0.3 is 0 Å². The SMILES string of the molecule is Cn1cc([C@H]2CNC[C@@H]2C(=O)Nc2ncc(Cc3ccccc3F)s2)cn1. The second-order valence-electron chi connectivity index (χ2n) is 6.71. The molecule has 1 aliphatic heterocycles. The Morgan fingerprint density at radius 2 is 2.22 bits per heavy atom. The summed E-state index contributed by atoms with van der Waals surface area (Å²) in [5.74, 6) is -0.363. The number of thiazole rings is 1. The summed E-state index contributed by atoms with van der Waals surface area (Å²) in [6.07, 6.45) is 5.92. The average Bonchev–Trinajstić information content (AvgIpc) is 3.37. The molecule has 1 fully saturated rings. The smallest absolute Gasteiger partial charge is 0.231 e. The molecule has 0 radical (unpaired) electrons. The number of halogens is 1. The molecule has 3 aromatic rings. The number of benzene rings is 1. The highest BCUT2D eigenvalue weighted by molar-refractivity contribution is 7.15. The molecule has 140 valence electrons. The van der Waals surface area contributed by atoms with Gasteiger partial charge in [-0.1, -0.05) is 18.2 Å². The summed E-state index contributed by atoms with van der Waals surface area (Å²) in [5.41, 5.74) is 1.68. The van der Waals surface area contributed by atoms with E-state index in [0.29, 0.717) is 23.7 Å². The standard InChI is InChI=1S/C19H20FN5OS/c1-25-11-13(7-23-25)15-9-21-10-16(15)18(26)24-19-22-8-14(27-19)6-12-4-2-3-5-17(12)20/h2-5,7-8,11,15-16,21H,6,9-10H2,1H3,(H,22,24,26)/t15-,16+/m1/s1. The van der Waals surface area contributed by atoms with Crippen molar-refractivity contribution < 1.29 is 9.18 Å². The third-order valence-corrected chi connectivity index (χ3v) is 5.72. The van der Waals surface area contributed by atoms with E-state index in [-0.39, 0.29) is 23.6 Å². The number of hydrogen-bond donors (Lipinski definition) is 2. The summed E-state index contributed by atoms with van der Waals surface area (Å²) < 4.78 is 15.6. The molecule has 0 unspecified atom stereocenters. The van der Waals surface area contributed by atoms with E-state index in [1.54, 1.807) is 23.0 Å². The monoisotopic (exact) mass is 385 g/mol. The van der Waals surface area contributed by atoms with Crippen LogP contribution in [0.1, 0.15) is 21.9 Å². The summed E-state index contributed by atoms with van der Waals surface area (Å²) in [7, 11) is 1.87. The maximum atomic E-state index is 13.8.